The van der Waals surface area contributed by atoms with Crippen LogP contribution in [0.4, 0.5) is 0 Å². The average Bonchev–Trinajstić information content (AvgIpc) is 1.82. The van der Waals surface area contributed by atoms with E-state index in [9.17, 15) is 5.11 Å². The van der Waals surface area contributed by atoms with E-state index < -0.39 is 0 Å². The van der Waals surface area contributed by atoms with Gasteiger partial charge in [0.2, 0.25) is 0 Å². The van der Waals surface area contributed by atoms with Gasteiger partial charge < -0.3 is 5.11 Å². The van der Waals surface area contributed by atoms with E-state index in [2.05, 4.69) is 6.92 Å². The number of hydrogen-bond donors (Lipinski definition) is 1. The molecule has 0 aliphatic carbocycles. The number of aromatic hydroxyl groups is 1. The Labute approximate surface area is 61.3 Å². The highest BCUT2D eigenvalue weighted by Gasteiger charge is 1.99. The topological polar surface area (TPSA) is 20.2 Å². The van der Waals surface area contributed by atoms with E-state index in [0.717, 1.165) is 11.1 Å². The van der Waals surface area contributed by atoms with Gasteiger partial charge >= 0.3 is 0 Å². The largest absolute Gasteiger partial charge is 0.507 e. The molecule has 0 bridgehead atoms. The van der Waals surface area contributed by atoms with Crippen LogP contribution in [0.15, 0.2) is 12.1 Å². The van der Waals surface area contributed by atoms with Crippen molar-refractivity contribution >= 4 is 0 Å². The maximum atomic E-state index is 9.27. The lowest BCUT2D eigenvalue weighted by molar-refractivity contribution is 0.468. The first-order valence-electron chi connectivity index (χ1n) is 3.23. The highest BCUT2D eigenvalue weighted by Crippen LogP contribution is 2.21. The normalized spacial score (nSPS) is 9.90. The summed E-state index contributed by atoms with van der Waals surface area (Å²) in [7, 11) is 0. The van der Waals surface area contributed by atoms with Crippen molar-refractivity contribution in [3.63, 3.8) is 0 Å². The number of aryl methyl sites for hydroxylation is 2. The molecule has 1 aromatic rings. The van der Waals surface area contributed by atoms with Gasteiger partial charge in [0.25, 0.3) is 0 Å². The van der Waals surface area contributed by atoms with Crippen LogP contribution in [0.2, 0.25) is 0 Å². The van der Waals surface area contributed by atoms with Crippen LogP contribution in [0.3, 0.4) is 0 Å². The van der Waals surface area contributed by atoms with Crippen LogP contribution in [0.25, 0.3) is 0 Å². The molecule has 0 fully saturated rings. The van der Waals surface area contributed by atoms with Crippen molar-refractivity contribution in [3.05, 3.63) is 35.7 Å². The summed E-state index contributed by atoms with van der Waals surface area (Å²) in [5, 5.41) is 9.27. The van der Waals surface area contributed by atoms with E-state index in [1.54, 1.807) is 0 Å². The fourth-order valence-corrected chi connectivity index (χ4v) is 1.05. The van der Waals surface area contributed by atoms with Gasteiger partial charge in [0.05, 0.1) is 0 Å². The van der Waals surface area contributed by atoms with E-state index in [-0.39, 0.29) is 0 Å². The minimum atomic E-state index is 0.311. The first-order chi connectivity index (χ1) is 4.61. The summed E-state index contributed by atoms with van der Waals surface area (Å²) in [6.45, 7) is 7.55. The van der Waals surface area contributed by atoms with Crippen LogP contribution in [0.5, 0.6) is 5.75 Å². The summed E-state index contributed by atoms with van der Waals surface area (Å²) in [5.41, 5.74) is 2.74. The molecule has 0 spiro atoms. The summed E-state index contributed by atoms with van der Waals surface area (Å²) in [4.78, 5) is 0. The molecule has 53 valence electrons. The second kappa shape index (κ2) is 2.33. The number of phenolic OH excluding ortho intramolecular Hbond substituents is 1. The van der Waals surface area contributed by atoms with E-state index in [1.807, 2.05) is 26.0 Å². The predicted octanol–water partition coefficient (Wildman–Crippen LogP) is 2.19. The first-order valence-corrected chi connectivity index (χ1v) is 3.23. The molecule has 0 aromatic heterocycles. The monoisotopic (exact) mass is 135 g/mol. The number of phenols is 1. The molecule has 1 heteroatoms. The maximum absolute atomic E-state index is 9.27. The zero-order valence-corrected chi connectivity index (χ0v) is 6.31. The zero-order valence-electron chi connectivity index (χ0n) is 6.31. The van der Waals surface area contributed by atoms with E-state index in [0.29, 0.717) is 11.3 Å². The summed E-state index contributed by atoms with van der Waals surface area (Å²) in [5.74, 6) is 0.311. The van der Waals surface area contributed by atoms with Crippen LogP contribution < -0.4 is 0 Å². The van der Waals surface area contributed by atoms with Gasteiger partial charge in [-0.1, -0.05) is 17.7 Å². The Hall–Kier alpha value is -0.980. The molecule has 1 radical (unpaired) electrons. The molecule has 1 nitrogen and oxygen atoms in total. The minimum absolute atomic E-state index is 0.311. The lowest BCUT2D eigenvalue weighted by Crippen LogP contribution is -1.81. The summed E-state index contributed by atoms with van der Waals surface area (Å²) in [6.07, 6.45) is 0. The molecule has 1 aromatic carbocycles. The van der Waals surface area contributed by atoms with Gasteiger partial charge in [0.15, 0.2) is 0 Å². The summed E-state index contributed by atoms with van der Waals surface area (Å²) >= 11 is 0. The van der Waals surface area contributed by atoms with Gasteiger partial charge in [-0.25, -0.2) is 0 Å². The molecule has 0 aliphatic heterocycles. The first kappa shape index (κ1) is 7.13. The Morgan fingerprint density at radius 2 is 1.90 bits per heavy atom. The number of hydrogen-bond acceptors (Lipinski definition) is 1. The Morgan fingerprint density at radius 1 is 1.30 bits per heavy atom. The lowest BCUT2D eigenvalue weighted by atomic mass is 10.1. The molecule has 10 heavy (non-hydrogen) atoms. The van der Waals surface area contributed by atoms with Gasteiger partial charge in [0.1, 0.15) is 5.75 Å². The van der Waals surface area contributed by atoms with Crippen molar-refractivity contribution in [2.45, 2.75) is 13.8 Å². The molecule has 0 saturated carbocycles. The minimum Gasteiger partial charge on any atom is -0.507 e. The Balaban J connectivity index is 3.31. The van der Waals surface area contributed by atoms with Gasteiger partial charge in [-0.3, -0.25) is 0 Å². The molecule has 0 heterocycles. The predicted molar refractivity (Wildman–Crippen MR) is 42.0 cm³/mol. The van der Waals surface area contributed by atoms with Crippen molar-refractivity contribution in [1.29, 1.82) is 0 Å². The number of rotatable bonds is 0. The highest BCUT2D eigenvalue weighted by molar-refractivity contribution is 5.43. The van der Waals surface area contributed by atoms with Crippen molar-refractivity contribution in [1.82, 2.24) is 0 Å². The Kier molecular flexibility index (Phi) is 1.66. The van der Waals surface area contributed by atoms with Crippen molar-refractivity contribution in [3.8, 4) is 5.75 Å². The molecule has 1 N–H and O–H groups in total. The average molecular weight is 135 g/mol. The third-order valence-electron chi connectivity index (χ3n) is 1.52. The molecule has 0 aliphatic rings. The van der Waals surface area contributed by atoms with Crippen LogP contribution >= 0.6 is 0 Å². The highest BCUT2D eigenvalue weighted by atomic mass is 16.3. The standard InChI is InChI=1S/C9H11O/c1-6-4-7(2)9(10)8(3)5-6/h4-5,10H,2H2,1,3H3. The van der Waals surface area contributed by atoms with Crippen LogP contribution in [-0.2, 0) is 0 Å². The van der Waals surface area contributed by atoms with Crippen LogP contribution in [0.1, 0.15) is 16.7 Å². The van der Waals surface area contributed by atoms with Crippen molar-refractivity contribution < 1.29 is 5.11 Å². The third kappa shape index (κ3) is 1.13. The fourth-order valence-electron chi connectivity index (χ4n) is 1.05. The fraction of sp³-hybridized carbons (Fsp3) is 0.222. The van der Waals surface area contributed by atoms with Crippen molar-refractivity contribution in [2.24, 2.45) is 0 Å². The maximum Gasteiger partial charge on any atom is 0.121 e. The molecule has 0 atom stereocenters. The SMILES string of the molecule is [CH2]c1cc(C)cc(C)c1O. The van der Waals surface area contributed by atoms with E-state index in [4.69, 9.17) is 0 Å². The van der Waals surface area contributed by atoms with Gasteiger partial charge in [0, 0.05) is 0 Å². The lowest BCUT2D eigenvalue weighted by Gasteiger charge is -2.03. The molecular formula is C9H11O. The Morgan fingerprint density at radius 3 is 2.40 bits per heavy atom. The number of benzene rings is 1. The van der Waals surface area contributed by atoms with Gasteiger partial charge in [-0.2, -0.15) is 0 Å². The Bertz CT molecular complexity index is 228. The second-order valence-electron chi connectivity index (χ2n) is 2.59. The quantitative estimate of drug-likeness (QED) is 0.578. The molecule has 0 unspecified atom stereocenters. The van der Waals surface area contributed by atoms with Crippen molar-refractivity contribution in [2.75, 3.05) is 0 Å². The molecule has 0 amide bonds. The van der Waals surface area contributed by atoms with E-state index >= 15 is 0 Å². The third-order valence-corrected chi connectivity index (χ3v) is 1.52. The van der Waals surface area contributed by atoms with Gasteiger partial charge in [-0.05, 0) is 31.9 Å². The molecule has 0 saturated heterocycles. The molecular weight excluding hydrogens is 124 g/mol. The summed E-state index contributed by atoms with van der Waals surface area (Å²) in [6, 6.07) is 3.80. The second-order valence-corrected chi connectivity index (χ2v) is 2.59. The smallest absolute Gasteiger partial charge is 0.121 e. The van der Waals surface area contributed by atoms with Crippen LogP contribution in [-0.4, -0.2) is 5.11 Å². The van der Waals surface area contributed by atoms with Gasteiger partial charge in [-0.15, -0.1) is 0 Å². The molecule has 1 rings (SSSR count). The zero-order chi connectivity index (χ0) is 7.72. The van der Waals surface area contributed by atoms with Crippen LogP contribution in [0, 0.1) is 20.8 Å². The summed E-state index contributed by atoms with van der Waals surface area (Å²) < 4.78 is 0. The van der Waals surface area contributed by atoms with E-state index in [1.165, 1.54) is 0 Å².